The summed E-state index contributed by atoms with van der Waals surface area (Å²) < 4.78 is 10.7. The lowest BCUT2D eigenvalue weighted by Crippen LogP contribution is -2.39. The van der Waals surface area contributed by atoms with Crippen LogP contribution in [0.25, 0.3) is 0 Å². The van der Waals surface area contributed by atoms with Crippen LogP contribution in [0.1, 0.15) is 12.0 Å². The van der Waals surface area contributed by atoms with Gasteiger partial charge in [0.25, 0.3) is 0 Å². The Hall–Kier alpha value is -1.75. The molecule has 1 N–H and O–H groups in total. The quantitative estimate of drug-likeness (QED) is 0.875. The number of carbonyl (C=O) groups excluding carboxylic acids is 1. The van der Waals surface area contributed by atoms with E-state index in [1.807, 2.05) is 30.1 Å². The zero-order chi connectivity index (χ0) is 14.5. The van der Waals surface area contributed by atoms with Crippen LogP contribution in [0, 0.1) is 0 Å². The summed E-state index contributed by atoms with van der Waals surface area (Å²) in [6.07, 6.45) is 1.30. The molecular weight excluding hydrogens is 256 g/mol. The van der Waals surface area contributed by atoms with E-state index in [1.54, 1.807) is 14.2 Å². The van der Waals surface area contributed by atoms with Gasteiger partial charge in [0.2, 0.25) is 5.91 Å². The SMILES string of the molecule is COc1cccc(OC)c1CC(=O)N(C)[C@H]1CCNC1. The summed E-state index contributed by atoms with van der Waals surface area (Å²) in [7, 11) is 5.07. The average Bonchev–Trinajstić information content (AvgIpc) is 3.00. The number of nitrogens with one attached hydrogen (secondary N) is 1. The van der Waals surface area contributed by atoms with E-state index in [-0.39, 0.29) is 11.9 Å². The van der Waals surface area contributed by atoms with Crippen LogP contribution in [-0.4, -0.2) is 51.2 Å². The fourth-order valence-electron chi connectivity index (χ4n) is 2.55. The number of amides is 1. The average molecular weight is 278 g/mol. The van der Waals surface area contributed by atoms with Crippen LogP contribution in [0.3, 0.4) is 0 Å². The first-order valence-electron chi connectivity index (χ1n) is 6.83. The molecule has 0 aliphatic carbocycles. The second kappa shape index (κ2) is 6.61. The number of rotatable bonds is 5. The predicted octanol–water partition coefficient (Wildman–Crippen LogP) is 1.07. The van der Waals surface area contributed by atoms with Crippen molar-refractivity contribution >= 4 is 5.91 Å². The third kappa shape index (κ3) is 3.04. The number of ether oxygens (including phenoxy) is 2. The van der Waals surface area contributed by atoms with Crippen molar-refractivity contribution in [2.75, 3.05) is 34.4 Å². The molecule has 5 nitrogen and oxygen atoms in total. The van der Waals surface area contributed by atoms with Crippen molar-refractivity contribution in [1.82, 2.24) is 10.2 Å². The minimum absolute atomic E-state index is 0.0847. The molecule has 1 aromatic carbocycles. The van der Waals surface area contributed by atoms with Gasteiger partial charge in [-0.3, -0.25) is 4.79 Å². The Labute approximate surface area is 119 Å². The van der Waals surface area contributed by atoms with E-state index in [0.29, 0.717) is 17.9 Å². The van der Waals surface area contributed by atoms with Gasteiger partial charge in [0, 0.05) is 25.2 Å². The molecule has 1 fully saturated rings. The summed E-state index contributed by atoms with van der Waals surface area (Å²) in [5, 5.41) is 3.27. The Morgan fingerprint density at radius 2 is 2.00 bits per heavy atom. The van der Waals surface area contributed by atoms with Crippen LogP contribution >= 0.6 is 0 Å². The second-order valence-electron chi connectivity index (χ2n) is 4.97. The first kappa shape index (κ1) is 14.7. The Balaban J connectivity index is 2.14. The fourth-order valence-corrected chi connectivity index (χ4v) is 2.55. The van der Waals surface area contributed by atoms with Crippen molar-refractivity contribution in [3.8, 4) is 11.5 Å². The van der Waals surface area contributed by atoms with E-state index in [2.05, 4.69) is 5.32 Å². The van der Waals surface area contributed by atoms with E-state index in [0.717, 1.165) is 25.1 Å². The Bertz CT molecular complexity index is 448. The third-order valence-corrected chi connectivity index (χ3v) is 3.83. The number of benzene rings is 1. The molecule has 1 aliphatic rings. The molecule has 0 unspecified atom stereocenters. The topological polar surface area (TPSA) is 50.8 Å². The van der Waals surface area contributed by atoms with Crippen molar-refractivity contribution < 1.29 is 14.3 Å². The van der Waals surface area contributed by atoms with E-state index >= 15 is 0 Å². The molecule has 1 heterocycles. The number of hydrogen-bond donors (Lipinski definition) is 1. The summed E-state index contributed by atoms with van der Waals surface area (Å²) in [6.45, 7) is 1.84. The number of carbonyl (C=O) groups is 1. The number of methoxy groups -OCH3 is 2. The smallest absolute Gasteiger partial charge is 0.227 e. The van der Waals surface area contributed by atoms with Crippen molar-refractivity contribution in [1.29, 1.82) is 0 Å². The molecule has 0 aromatic heterocycles. The van der Waals surface area contributed by atoms with Gasteiger partial charge in [0.1, 0.15) is 11.5 Å². The Morgan fingerprint density at radius 1 is 1.35 bits per heavy atom. The number of hydrogen-bond acceptors (Lipinski definition) is 4. The van der Waals surface area contributed by atoms with Crippen molar-refractivity contribution in [2.45, 2.75) is 18.9 Å². The molecule has 0 radical (unpaired) electrons. The molecule has 20 heavy (non-hydrogen) atoms. The highest BCUT2D eigenvalue weighted by Gasteiger charge is 2.24. The van der Waals surface area contributed by atoms with Crippen LogP contribution < -0.4 is 14.8 Å². The van der Waals surface area contributed by atoms with Crippen molar-refractivity contribution in [3.63, 3.8) is 0 Å². The maximum atomic E-state index is 12.4. The summed E-state index contributed by atoms with van der Waals surface area (Å²) in [6, 6.07) is 5.84. The third-order valence-electron chi connectivity index (χ3n) is 3.83. The predicted molar refractivity (Wildman–Crippen MR) is 77.3 cm³/mol. The maximum absolute atomic E-state index is 12.4. The Kier molecular flexibility index (Phi) is 4.84. The van der Waals surface area contributed by atoms with E-state index in [4.69, 9.17) is 9.47 Å². The van der Waals surface area contributed by atoms with Crippen LogP contribution in [-0.2, 0) is 11.2 Å². The zero-order valence-electron chi connectivity index (χ0n) is 12.3. The molecule has 1 amide bonds. The lowest BCUT2D eigenvalue weighted by Gasteiger charge is -2.24. The summed E-state index contributed by atoms with van der Waals surface area (Å²) in [5.74, 6) is 1.47. The van der Waals surface area contributed by atoms with Crippen LogP contribution in [0.5, 0.6) is 11.5 Å². The molecule has 2 rings (SSSR count). The lowest BCUT2D eigenvalue weighted by atomic mass is 10.1. The molecule has 1 atom stereocenters. The minimum Gasteiger partial charge on any atom is -0.496 e. The summed E-state index contributed by atoms with van der Waals surface area (Å²) in [4.78, 5) is 14.2. The normalized spacial score (nSPS) is 17.9. The van der Waals surface area contributed by atoms with Crippen LogP contribution in [0.4, 0.5) is 0 Å². The molecule has 110 valence electrons. The Morgan fingerprint density at radius 3 is 2.50 bits per heavy atom. The summed E-state index contributed by atoms with van der Waals surface area (Å²) >= 11 is 0. The molecule has 1 aromatic rings. The second-order valence-corrected chi connectivity index (χ2v) is 4.97. The van der Waals surface area contributed by atoms with Gasteiger partial charge in [0.05, 0.1) is 20.6 Å². The number of likely N-dealkylation sites (N-methyl/N-ethyl adjacent to an activating group) is 1. The molecule has 1 saturated heterocycles. The van der Waals surface area contributed by atoms with Crippen LogP contribution in [0.15, 0.2) is 18.2 Å². The van der Waals surface area contributed by atoms with Gasteiger partial charge in [-0.15, -0.1) is 0 Å². The fraction of sp³-hybridized carbons (Fsp3) is 0.533. The zero-order valence-corrected chi connectivity index (χ0v) is 12.3. The molecule has 5 heteroatoms. The lowest BCUT2D eigenvalue weighted by molar-refractivity contribution is -0.130. The van der Waals surface area contributed by atoms with Gasteiger partial charge in [-0.05, 0) is 25.1 Å². The minimum atomic E-state index is 0.0847. The van der Waals surface area contributed by atoms with Crippen LogP contribution in [0.2, 0.25) is 0 Å². The van der Waals surface area contributed by atoms with Gasteiger partial charge in [-0.1, -0.05) is 6.07 Å². The monoisotopic (exact) mass is 278 g/mol. The molecule has 0 bridgehead atoms. The van der Waals surface area contributed by atoms with E-state index in [9.17, 15) is 4.79 Å². The molecule has 0 spiro atoms. The van der Waals surface area contributed by atoms with Crippen molar-refractivity contribution in [3.05, 3.63) is 23.8 Å². The highest BCUT2D eigenvalue weighted by atomic mass is 16.5. The molecule has 1 aliphatic heterocycles. The largest absolute Gasteiger partial charge is 0.496 e. The highest BCUT2D eigenvalue weighted by molar-refractivity contribution is 5.80. The van der Waals surface area contributed by atoms with E-state index in [1.165, 1.54) is 0 Å². The van der Waals surface area contributed by atoms with Crippen molar-refractivity contribution in [2.24, 2.45) is 0 Å². The van der Waals surface area contributed by atoms with E-state index < -0.39 is 0 Å². The van der Waals surface area contributed by atoms with Gasteiger partial charge in [-0.25, -0.2) is 0 Å². The van der Waals surface area contributed by atoms with Gasteiger partial charge >= 0.3 is 0 Å². The molecular formula is C15H22N2O3. The molecule has 0 saturated carbocycles. The van der Waals surface area contributed by atoms with Gasteiger partial charge < -0.3 is 19.7 Å². The highest BCUT2D eigenvalue weighted by Crippen LogP contribution is 2.29. The first-order chi connectivity index (χ1) is 9.67. The first-order valence-corrected chi connectivity index (χ1v) is 6.83. The van der Waals surface area contributed by atoms with Gasteiger partial charge in [-0.2, -0.15) is 0 Å². The number of nitrogens with zero attached hydrogens (tertiary/aromatic N) is 1. The van der Waals surface area contributed by atoms with Gasteiger partial charge in [0.15, 0.2) is 0 Å². The standard InChI is InChI=1S/C15H22N2O3/c1-17(11-7-8-16-10-11)15(18)9-12-13(19-2)5-4-6-14(12)20-3/h4-6,11,16H,7-10H2,1-3H3/t11-/m0/s1. The maximum Gasteiger partial charge on any atom is 0.227 e. The summed E-state index contributed by atoms with van der Waals surface area (Å²) in [5.41, 5.74) is 0.806.